The number of hydrogen-bond donors (Lipinski definition) is 1. The van der Waals surface area contributed by atoms with Gasteiger partial charge in [-0.1, -0.05) is 17.3 Å². The van der Waals surface area contributed by atoms with E-state index in [1.807, 2.05) is 37.2 Å². The van der Waals surface area contributed by atoms with Crippen molar-refractivity contribution in [2.75, 3.05) is 25.5 Å². The van der Waals surface area contributed by atoms with Crippen molar-refractivity contribution in [3.8, 4) is 0 Å². The molecule has 1 N–H and O–H groups in total. The highest BCUT2D eigenvalue weighted by Gasteiger charge is 2.32. The van der Waals surface area contributed by atoms with E-state index < -0.39 is 5.97 Å². The summed E-state index contributed by atoms with van der Waals surface area (Å²) in [4.78, 5) is 27.4. The monoisotopic (exact) mass is 343 g/mol. The number of hydrogen-bond acceptors (Lipinski definition) is 5. The number of carbonyl (C=O) groups excluding carboxylic acids is 1. The summed E-state index contributed by atoms with van der Waals surface area (Å²) in [5, 5.41) is 16.4. The number of nitrogens with zero attached hydrogens (tertiary/aromatic N) is 5. The van der Waals surface area contributed by atoms with E-state index in [0.29, 0.717) is 6.54 Å². The molecule has 1 aliphatic heterocycles. The molecule has 1 atom stereocenters. The molecule has 1 amide bonds. The number of likely N-dealkylation sites (tertiary alicyclic amines) is 1. The molecule has 8 nitrogen and oxygen atoms in total. The van der Waals surface area contributed by atoms with Crippen molar-refractivity contribution in [1.29, 1.82) is 0 Å². The molecule has 0 radical (unpaired) electrons. The van der Waals surface area contributed by atoms with Crippen LogP contribution in [0, 0.1) is 0 Å². The third-order valence-electron chi connectivity index (χ3n) is 4.34. The highest BCUT2D eigenvalue weighted by atomic mass is 16.4. The summed E-state index contributed by atoms with van der Waals surface area (Å²) in [6.45, 7) is 0.343. The second-order valence-corrected chi connectivity index (χ2v) is 6.34. The van der Waals surface area contributed by atoms with Crippen LogP contribution in [0.15, 0.2) is 30.5 Å². The molecule has 2 aromatic rings. The Morgan fingerprint density at radius 3 is 2.88 bits per heavy atom. The Bertz CT molecular complexity index is 786. The van der Waals surface area contributed by atoms with E-state index in [9.17, 15) is 9.59 Å². The van der Waals surface area contributed by atoms with Crippen LogP contribution in [0.5, 0.6) is 0 Å². The number of aromatic nitrogens is 3. The summed E-state index contributed by atoms with van der Waals surface area (Å²) < 4.78 is 1.16. The van der Waals surface area contributed by atoms with Crippen LogP contribution < -0.4 is 4.90 Å². The maximum absolute atomic E-state index is 12.8. The molecule has 1 saturated heterocycles. The first-order valence-corrected chi connectivity index (χ1v) is 8.16. The zero-order chi connectivity index (χ0) is 18.0. The summed E-state index contributed by atoms with van der Waals surface area (Å²) in [6, 6.07) is 8.15. The fourth-order valence-electron chi connectivity index (χ4n) is 3.13. The second-order valence-electron chi connectivity index (χ2n) is 6.34. The number of carboxylic acid groups (broad SMARTS) is 1. The standard InChI is InChI=1S/C17H21N5O3/c1-20(2)13-6-3-5-12(9-13)15-7-4-8-22(15)17(25)14-10-21(19-18-14)11-16(23)24/h3,5-6,9-10,15H,4,7-8,11H2,1-2H3,(H,23,24). The predicted octanol–water partition coefficient (Wildman–Crippen LogP) is 1.41. The molecule has 1 aromatic heterocycles. The van der Waals surface area contributed by atoms with E-state index in [1.165, 1.54) is 6.20 Å². The Morgan fingerprint density at radius 1 is 1.36 bits per heavy atom. The van der Waals surface area contributed by atoms with Gasteiger partial charge in [0.15, 0.2) is 5.69 Å². The first kappa shape index (κ1) is 16.9. The third-order valence-corrected chi connectivity index (χ3v) is 4.34. The lowest BCUT2D eigenvalue weighted by Gasteiger charge is -2.25. The minimum Gasteiger partial charge on any atom is -0.480 e. The Kier molecular flexibility index (Phi) is 4.69. The Labute approximate surface area is 145 Å². The van der Waals surface area contributed by atoms with E-state index >= 15 is 0 Å². The third kappa shape index (κ3) is 3.62. The van der Waals surface area contributed by atoms with Gasteiger partial charge in [0.25, 0.3) is 5.91 Å². The molecule has 132 valence electrons. The van der Waals surface area contributed by atoms with Gasteiger partial charge in [-0.25, -0.2) is 4.68 Å². The first-order chi connectivity index (χ1) is 12.0. The summed E-state index contributed by atoms with van der Waals surface area (Å²) in [5.41, 5.74) is 2.36. The van der Waals surface area contributed by atoms with Gasteiger partial charge in [0.1, 0.15) is 6.54 Å². The zero-order valence-corrected chi connectivity index (χ0v) is 14.3. The number of amides is 1. The van der Waals surface area contributed by atoms with Gasteiger partial charge in [-0.2, -0.15) is 0 Å². The molecule has 0 aliphatic carbocycles. The largest absolute Gasteiger partial charge is 0.480 e. The molecular weight excluding hydrogens is 322 g/mol. The Balaban J connectivity index is 1.81. The van der Waals surface area contributed by atoms with Crippen molar-refractivity contribution in [3.63, 3.8) is 0 Å². The van der Waals surface area contributed by atoms with Gasteiger partial charge in [-0.3, -0.25) is 9.59 Å². The SMILES string of the molecule is CN(C)c1cccc(C2CCCN2C(=O)c2cn(CC(=O)O)nn2)c1. The van der Waals surface area contributed by atoms with Crippen LogP contribution >= 0.6 is 0 Å². The van der Waals surface area contributed by atoms with Gasteiger partial charge in [-0.05, 0) is 30.5 Å². The van der Waals surface area contributed by atoms with Crippen LogP contribution in [-0.4, -0.2) is 57.5 Å². The van der Waals surface area contributed by atoms with E-state index in [4.69, 9.17) is 5.11 Å². The number of carboxylic acids is 1. The smallest absolute Gasteiger partial charge is 0.325 e. The molecule has 0 bridgehead atoms. The lowest BCUT2D eigenvalue weighted by atomic mass is 10.0. The molecule has 0 spiro atoms. The summed E-state index contributed by atoms with van der Waals surface area (Å²) in [6.07, 6.45) is 3.21. The molecule has 1 aromatic carbocycles. The Morgan fingerprint density at radius 2 is 2.16 bits per heavy atom. The van der Waals surface area contributed by atoms with Crippen molar-refractivity contribution in [3.05, 3.63) is 41.7 Å². The van der Waals surface area contributed by atoms with Gasteiger partial charge in [0, 0.05) is 26.3 Å². The summed E-state index contributed by atoms with van der Waals surface area (Å²) >= 11 is 0. The average Bonchev–Trinajstić information content (AvgIpc) is 3.23. The second kappa shape index (κ2) is 6.92. The quantitative estimate of drug-likeness (QED) is 0.882. The van der Waals surface area contributed by atoms with Gasteiger partial charge in [0.05, 0.1) is 12.2 Å². The Hall–Kier alpha value is -2.90. The highest BCUT2D eigenvalue weighted by Crippen LogP contribution is 2.34. The van der Waals surface area contributed by atoms with Crippen LogP contribution in [0.3, 0.4) is 0 Å². The van der Waals surface area contributed by atoms with E-state index in [1.54, 1.807) is 4.90 Å². The van der Waals surface area contributed by atoms with Crippen LogP contribution in [0.2, 0.25) is 0 Å². The molecular formula is C17H21N5O3. The molecule has 1 aliphatic rings. The van der Waals surface area contributed by atoms with E-state index in [0.717, 1.165) is 28.8 Å². The van der Waals surface area contributed by atoms with Gasteiger partial charge < -0.3 is 14.9 Å². The van der Waals surface area contributed by atoms with Crippen LogP contribution in [0.25, 0.3) is 0 Å². The van der Waals surface area contributed by atoms with Crippen molar-refractivity contribution < 1.29 is 14.7 Å². The maximum Gasteiger partial charge on any atom is 0.325 e. The average molecular weight is 343 g/mol. The van der Waals surface area contributed by atoms with Crippen LogP contribution in [0.1, 0.15) is 34.9 Å². The topological polar surface area (TPSA) is 91.6 Å². The van der Waals surface area contributed by atoms with Crippen molar-refractivity contribution in [2.24, 2.45) is 0 Å². The number of anilines is 1. The van der Waals surface area contributed by atoms with E-state index in [2.05, 4.69) is 16.4 Å². The molecule has 1 fully saturated rings. The lowest BCUT2D eigenvalue weighted by molar-refractivity contribution is -0.137. The van der Waals surface area contributed by atoms with Crippen molar-refractivity contribution in [2.45, 2.75) is 25.4 Å². The number of rotatable bonds is 5. The van der Waals surface area contributed by atoms with Gasteiger partial charge in [-0.15, -0.1) is 5.10 Å². The first-order valence-electron chi connectivity index (χ1n) is 8.16. The van der Waals surface area contributed by atoms with Gasteiger partial charge in [0.2, 0.25) is 0 Å². The fraction of sp³-hybridized carbons (Fsp3) is 0.412. The summed E-state index contributed by atoms with van der Waals surface area (Å²) in [5.74, 6) is -1.24. The van der Waals surface area contributed by atoms with Crippen LogP contribution in [-0.2, 0) is 11.3 Å². The zero-order valence-electron chi connectivity index (χ0n) is 14.3. The molecule has 8 heteroatoms. The normalized spacial score (nSPS) is 16.9. The molecule has 25 heavy (non-hydrogen) atoms. The minimum absolute atomic E-state index is 0.00276. The van der Waals surface area contributed by atoms with Crippen molar-refractivity contribution >= 4 is 17.6 Å². The highest BCUT2D eigenvalue weighted by molar-refractivity contribution is 5.92. The number of benzene rings is 1. The minimum atomic E-state index is -1.02. The van der Waals surface area contributed by atoms with Crippen molar-refractivity contribution in [1.82, 2.24) is 19.9 Å². The van der Waals surface area contributed by atoms with Crippen LogP contribution in [0.4, 0.5) is 5.69 Å². The van der Waals surface area contributed by atoms with Gasteiger partial charge >= 0.3 is 5.97 Å². The molecule has 3 rings (SSSR count). The number of carbonyl (C=O) groups is 2. The molecule has 0 saturated carbocycles. The lowest BCUT2D eigenvalue weighted by Crippen LogP contribution is -2.31. The summed E-state index contributed by atoms with van der Waals surface area (Å²) in [7, 11) is 3.97. The molecule has 2 heterocycles. The number of aliphatic carboxylic acids is 1. The fourth-order valence-corrected chi connectivity index (χ4v) is 3.13. The van der Waals surface area contributed by atoms with E-state index in [-0.39, 0.29) is 24.2 Å². The molecule has 1 unspecified atom stereocenters. The maximum atomic E-state index is 12.8. The predicted molar refractivity (Wildman–Crippen MR) is 91.4 cm³/mol.